The average molecular weight is 1200 g/mol. The summed E-state index contributed by atoms with van der Waals surface area (Å²) in [6, 6.07) is 133. The molecule has 0 aliphatic carbocycles. The van der Waals surface area contributed by atoms with E-state index in [1.165, 1.54) is 116 Å². The predicted octanol–water partition coefficient (Wildman–Crippen LogP) is 24.4. The highest BCUT2D eigenvalue weighted by molar-refractivity contribution is 6.20. The number of para-hydroxylation sites is 4. The average Bonchev–Trinajstić information content (AvgIpc) is 1.56. The second-order valence-corrected chi connectivity index (χ2v) is 24.3. The molecule has 0 spiro atoms. The van der Waals surface area contributed by atoms with Gasteiger partial charge in [-0.25, -0.2) is 0 Å². The van der Waals surface area contributed by atoms with E-state index in [4.69, 9.17) is 0 Å². The Hall–Kier alpha value is -12.5. The van der Waals surface area contributed by atoms with Gasteiger partial charge >= 0.3 is 0 Å². The topological polar surface area (TPSA) is 18.0 Å². The highest BCUT2D eigenvalue weighted by atomic mass is 15.1. The lowest BCUT2D eigenvalue weighted by Gasteiger charge is -2.26. The molecule has 0 radical (unpaired) electrons. The van der Waals surface area contributed by atoms with Crippen molar-refractivity contribution < 1.29 is 0 Å². The lowest BCUT2D eigenvalue weighted by atomic mass is 9.94. The molecule has 0 unspecified atom stereocenters. The fourth-order valence-corrected chi connectivity index (χ4v) is 15.0. The fourth-order valence-electron chi connectivity index (χ4n) is 15.0. The van der Waals surface area contributed by atoms with Crippen LogP contribution in [0.15, 0.2) is 364 Å². The predicted molar refractivity (Wildman–Crippen MR) is 397 cm³/mol. The van der Waals surface area contributed by atoms with Gasteiger partial charge in [0.15, 0.2) is 0 Å². The van der Waals surface area contributed by atoms with Crippen LogP contribution in [0, 0.1) is 0 Å². The monoisotopic (exact) mass is 1200 g/mol. The van der Waals surface area contributed by atoms with Crippen molar-refractivity contribution in [3.8, 4) is 84.1 Å². The van der Waals surface area contributed by atoms with Crippen molar-refractivity contribution in [1.29, 1.82) is 0 Å². The molecule has 0 aliphatic heterocycles. The summed E-state index contributed by atoms with van der Waals surface area (Å²) in [5, 5.41) is 9.61. The van der Waals surface area contributed by atoms with Crippen LogP contribution in [0.1, 0.15) is 0 Å². The zero-order valence-corrected chi connectivity index (χ0v) is 51.4. The molecule has 0 atom stereocenters. The molecule has 3 aromatic heterocycles. The molecular formula is C90H60N4. The summed E-state index contributed by atoms with van der Waals surface area (Å²) in [6.45, 7) is 0. The van der Waals surface area contributed by atoms with Crippen molar-refractivity contribution in [1.82, 2.24) is 13.7 Å². The maximum atomic E-state index is 2.49. The van der Waals surface area contributed by atoms with Gasteiger partial charge in [-0.1, -0.05) is 279 Å². The zero-order valence-electron chi connectivity index (χ0n) is 51.4. The largest absolute Gasteiger partial charge is 0.310 e. The SMILES string of the molecule is c1ccc(-c2c(-c3ccccc3)n(-c3ccccc3)c3c2ccc2c(-c4ccc(N(c5ccc(-c6cccc7c6ccc6c(-c8ccccc8)c(-c8ccccc8)n(-c8ccccc8)c67)cc5)c5ccc6c(c5)c5ccccc5n6-c5ccccc5)cc4)cccc23)cc1. The molecule has 0 fully saturated rings. The van der Waals surface area contributed by atoms with Gasteiger partial charge in [0, 0.05) is 77.6 Å². The van der Waals surface area contributed by atoms with Crippen molar-refractivity contribution in [3.63, 3.8) is 0 Å². The molecule has 15 aromatic carbocycles. The summed E-state index contributed by atoms with van der Waals surface area (Å²) >= 11 is 0. The van der Waals surface area contributed by atoms with E-state index in [1.807, 2.05) is 0 Å². The van der Waals surface area contributed by atoms with E-state index in [1.54, 1.807) is 0 Å². The molecule has 4 heteroatoms. The Morgan fingerprint density at radius 2 is 0.532 bits per heavy atom. The standard InChI is InChI=1S/C90H60N4/c1-8-26-63(27-9-1)85-80-57-55-75-73(41-24-43-78(75)89(80)93(68-36-18-6-19-37-68)87(85)65-30-12-3-13-31-65)61-46-50-70(51-47-61)91(72-54-59-84-82(60-72)77-40-22-23-45-83(77)92(84)67-34-16-5-17-35-67)71-52-48-62(49-53-71)74-42-25-44-79-76(74)56-58-81-86(64-28-10-2-11-29-64)88(66-32-14-4-15-33-66)94(90(79)81)69-38-20-7-21-39-69/h1-60H. The van der Waals surface area contributed by atoms with Crippen LogP contribution in [0.5, 0.6) is 0 Å². The minimum atomic E-state index is 1.06. The maximum absolute atomic E-state index is 2.49. The van der Waals surface area contributed by atoms with Gasteiger partial charge in [-0.3, -0.25) is 0 Å². The first kappa shape index (κ1) is 54.4. The van der Waals surface area contributed by atoms with Crippen LogP contribution in [0.2, 0.25) is 0 Å². The number of hydrogen-bond donors (Lipinski definition) is 0. The quantitative estimate of drug-likeness (QED) is 0.119. The zero-order chi connectivity index (χ0) is 62.1. The number of nitrogens with zero attached hydrogens (tertiary/aromatic N) is 4. The molecule has 440 valence electrons. The van der Waals surface area contributed by atoms with Gasteiger partial charge in [0.1, 0.15) is 0 Å². The van der Waals surface area contributed by atoms with E-state index < -0.39 is 0 Å². The third-order valence-electron chi connectivity index (χ3n) is 19.0. The Bertz CT molecular complexity index is 5550. The molecule has 4 nitrogen and oxygen atoms in total. The molecule has 0 bridgehead atoms. The van der Waals surface area contributed by atoms with E-state index in [0.29, 0.717) is 0 Å². The summed E-state index contributed by atoms with van der Waals surface area (Å²) in [4.78, 5) is 2.42. The highest BCUT2D eigenvalue weighted by Gasteiger charge is 2.27. The van der Waals surface area contributed by atoms with Crippen molar-refractivity contribution in [3.05, 3.63) is 364 Å². The number of hydrogen-bond acceptors (Lipinski definition) is 1. The Balaban J connectivity index is 0.797. The van der Waals surface area contributed by atoms with Crippen LogP contribution in [0.3, 0.4) is 0 Å². The Kier molecular flexibility index (Phi) is 13.2. The van der Waals surface area contributed by atoms with Crippen LogP contribution in [0.4, 0.5) is 17.1 Å². The first-order valence-electron chi connectivity index (χ1n) is 32.3. The van der Waals surface area contributed by atoms with E-state index in [0.717, 1.165) is 50.8 Å². The molecule has 18 rings (SSSR count). The third kappa shape index (κ3) is 8.99. The van der Waals surface area contributed by atoms with Gasteiger partial charge < -0.3 is 18.6 Å². The second kappa shape index (κ2) is 22.8. The van der Waals surface area contributed by atoms with Crippen molar-refractivity contribution in [2.75, 3.05) is 4.90 Å². The van der Waals surface area contributed by atoms with Crippen LogP contribution < -0.4 is 4.90 Å². The lowest BCUT2D eigenvalue weighted by Crippen LogP contribution is -2.10. The Morgan fingerprint density at radius 1 is 0.191 bits per heavy atom. The summed E-state index contributed by atoms with van der Waals surface area (Å²) in [6.07, 6.45) is 0. The first-order valence-corrected chi connectivity index (χ1v) is 32.3. The molecule has 0 saturated heterocycles. The minimum Gasteiger partial charge on any atom is -0.310 e. The molecule has 3 heterocycles. The molecule has 94 heavy (non-hydrogen) atoms. The van der Waals surface area contributed by atoms with Gasteiger partial charge in [0.05, 0.1) is 33.5 Å². The van der Waals surface area contributed by atoms with E-state index >= 15 is 0 Å². The van der Waals surface area contributed by atoms with Gasteiger partial charge in [-0.05, 0) is 140 Å². The summed E-state index contributed by atoms with van der Waals surface area (Å²) < 4.78 is 7.37. The maximum Gasteiger partial charge on any atom is 0.0620 e. The van der Waals surface area contributed by atoms with Crippen LogP contribution in [-0.4, -0.2) is 13.7 Å². The van der Waals surface area contributed by atoms with Crippen molar-refractivity contribution in [2.24, 2.45) is 0 Å². The van der Waals surface area contributed by atoms with Crippen LogP contribution in [0.25, 0.3) is 149 Å². The minimum absolute atomic E-state index is 1.06. The molecule has 0 saturated carbocycles. The second-order valence-electron chi connectivity index (χ2n) is 24.3. The number of aromatic nitrogens is 3. The smallest absolute Gasteiger partial charge is 0.0620 e. The van der Waals surface area contributed by atoms with Crippen LogP contribution in [-0.2, 0) is 0 Å². The summed E-state index contributed by atoms with van der Waals surface area (Å²) in [5.74, 6) is 0. The Labute approximate surface area is 545 Å². The summed E-state index contributed by atoms with van der Waals surface area (Å²) in [7, 11) is 0. The van der Waals surface area contributed by atoms with E-state index in [9.17, 15) is 0 Å². The van der Waals surface area contributed by atoms with Gasteiger partial charge in [0.25, 0.3) is 0 Å². The summed E-state index contributed by atoms with van der Waals surface area (Å²) in [5.41, 5.74) is 25.4. The number of anilines is 3. The number of rotatable bonds is 12. The van der Waals surface area contributed by atoms with Crippen molar-refractivity contribution in [2.45, 2.75) is 0 Å². The highest BCUT2D eigenvalue weighted by Crippen LogP contribution is 2.50. The van der Waals surface area contributed by atoms with E-state index in [-0.39, 0.29) is 0 Å². The normalized spacial score (nSPS) is 11.6. The van der Waals surface area contributed by atoms with Gasteiger partial charge in [-0.2, -0.15) is 0 Å². The van der Waals surface area contributed by atoms with Crippen molar-refractivity contribution >= 4 is 82.2 Å². The lowest BCUT2D eigenvalue weighted by molar-refractivity contribution is 1.14. The number of benzene rings is 15. The molecule has 0 N–H and O–H groups in total. The fraction of sp³-hybridized carbons (Fsp3) is 0. The van der Waals surface area contributed by atoms with Gasteiger partial charge in [0.2, 0.25) is 0 Å². The first-order chi connectivity index (χ1) is 46.7. The van der Waals surface area contributed by atoms with Crippen LogP contribution >= 0.6 is 0 Å². The number of fused-ring (bicyclic) bond motifs is 9. The van der Waals surface area contributed by atoms with E-state index in [2.05, 4.69) is 383 Å². The van der Waals surface area contributed by atoms with Gasteiger partial charge in [-0.15, -0.1) is 0 Å². The third-order valence-corrected chi connectivity index (χ3v) is 19.0. The Morgan fingerprint density at radius 3 is 0.968 bits per heavy atom. The molecule has 0 amide bonds. The molecule has 18 aromatic rings. The molecule has 0 aliphatic rings. The molecular weight excluding hydrogens is 1140 g/mol.